The van der Waals surface area contributed by atoms with E-state index in [1.54, 1.807) is 37.3 Å². The number of carbonyl (C=O) groups excluding carboxylic acids is 1. The van der Waals surface area contributed by atoms with E-state index in [1.807, 2.05) is 0 Å². The summed E-state index contributed by atoms with van der Waals surface area (Å²) in [4.78, 5) is 12.8. The van der Waals surface area contributed by atoms with Crippen LogP contribution in [0.4, 0.5) is 11.4 Å². The van der Waals surface area contributed by atoms with E-state index in [0.29, 0.717) is 48.9 Å². The van der Waals surface area contributed by atoms with Crippen LogP contribution in [0.2, 0.25) is 0 Å². The van der Waals surface area contributed by atoms with Crippen molar-refractivity contribution in [1.82, 2.24) is 5.32 Å². The Morgan fingerprint density at radius 2 is 1.63 bits per heavy atom. The number of rotatable bonds is 7. The van der Waals surface area contributed by atoms with Crippen LogP contribution in [0.1, 0.15) is 45.4 Å². The topological polar surface area (TPSA) is 130 Å². The van der Waals surface area contributed by atoms with Gasteiger partial charge in [0.2, 0.25) is 5.91 Å². The van der Waals surface area contributed by atoms with E-state index in [0.717, 1.165) is 25.7 Å². The van der Waals surface area contributed by atoms with Gasteiger partial charge in [-0.25, -0.2) is 8.42 Å². The molecule has 1 aliphatic carbocycles. The average molecular weight is 499 g/mol. The summed E-state index contributed by atoms with van der Waals surface area (Å²) in [6.45, 7) is 2.72. The summed E-state index contributed by atoms with van der Waals surface area (Å²) in [6.07, 6.45) is 5.01. The molecule has 1 amide bonds. The first kappa shape index (κ1) is 24.7. The minimum atomic E-state index is -3.83. The summed E-state index contributed by atoms with van der Waals surface area (Å²) >= 11 is 0. The zero-order valence-electron chi connectivity index (χ0n) is 19.7. The highest BCUT2D eigenvalue weighted by atomic mass is 32.2. The monoisotopic (exact) mass is 498 g/mol. The Bertz CT molecular complexity index is 1200. The third-order valence-electron chi connectivity index (χ3n) is 6.23. The second kappa shape index (κ2) is 10.4. The van der Waals surface area contributed by atoms with Crippen molar-refractivity contribution in [2.45, 2.75) is 61.9 Å². The van der Waals surface area contributed by atoms with Crippen molar-refractivity contribution >= 4 is 27.3 Å². The second-order valence-electron chi connectivity index (χ2n) is 8.95. The fourth-order valence-electron chi connectivity index (χ4n) is 4.24. The van der Waals surface area contributed by atoms with Gasteiger partial charge in [0.1, 0.15) is 11.6 Å². The van der Waals surface area contributed by atoms with Crippen LogP contribution in [0.3, 0.4) is 0 Å². The lowest BCUT2D eigenvalue weighted by molar-refractivity contribution is -0.123. The quantitative estimate of drug-likeness (QED) is 0.529. The van der Waals surface area contributed by atoms with Crippen LogP contribution in [-0.4, -0.2) is 39.1 Å². The van der Waals surface area contributed by atoms with Crippen LogP contribution in [0.25, 0.3) is 0 Å². The van der Waals surface area contributed by atoms with Crippen molar-refractivity contribution in [3.05, 3.63) is 42.5 Å². The van der Waals surface area contributed by atoms with Crippen molar-refractivity contribution in [3.63, 3.8) is 0 Å². The Morgan fingerprint density at radius 3 is 2.31 bits per heavy atom. The maximum absolute atomic E-state index is 12.9. The zero-order valence-corrected chi connectivity index (χ0v) is 20.5. The number of benzene rings is 2. The number of carbonyl (C=O) groups is 1. The highest BCUT2D eigenvalue weighted by molar-refractivity contribution is 7.92. The molecule has 9 nitrogen and oxygen atoms in total. The normalized spacial score (nSPS) is 17.8. The minimum Gasteiger partial charge on any atom is -0.490 e. The van der Waals surface area contributed by atoms with Crippen LogP contribution in [0.15, 0.2) is 47.4 Å². The zero-order chi connectivity index (χ0) is 24.9. The highest BCUT2D eigenvalue weighted by Gasteiger charge is 2.34. The van der Waals surface area contributed by atoms with Gasteiger partial charge in [0.05, 0.1) is 24.2 Å². The summed E-state index contributed by atoms with van der Waals surface area (Å²) in [6, 6.07) is 12.9. The van der Waals surface area contributed by atoms with Crippen molar-refractivity contribution in [2.75, 3.05) is 23.3 Å². The Morgan fingerprint density at radius 1 is 0.971 bits per heavy atom. The first-order valence-electron chi connectivity index (χ1n) is 11.8. The van der Waals surface area contributed by atoms with Gasteiger partial charge in [0, 0.05) is 23.9 Å². The summed E-state index contributed by atoms with van der Waals surface area (Å²) in [7, 11) is -3.83. The van der Waals surface area contributed by atoms with Crippen LogP contribution >= 0.6 is 0 Å². The van der Waals surface area contributed by atoms with E-state index >= 15 is 0 Å². The number of sulfonamides is 1. The number of hydrogen-bond donors (Lipinski definition) is 3. The van der Waals surface area contributed by atoms with E-state index < -0.39 is 21.6 Å². The Balaban J connectivity index is 1.37. The van der Waals surface area contributed by atoms with E-state index in [-0.39, 0.29) is 10.8 Å². The van der Waals surface area contributed by atoms with E-state index in [1.165, 1.54) is 12.1 Å². The number of nitrogens with one attached hydrogen (secondary N) is 3. The van der Waals surface area contributed by atoms with Gasteiger partial charge >= 0.3 is 0 Å². The number of nitriles is 1. The molecule has 1 fully saturated rings. The number of anilines is 2. The van der Waals surface area contributed by atoms with Crippen molar-refractivity contribution in [2.24, 2.45) is 0 Å². The molecule has 0 bridgehead atoms. The lowest BCUT2D eigenvalue weighted by Gasteiger charge is -2.32. The number of hydrogen-bond acceptors (Lipinski definition) is 7. The molecule has 35 heavy (non-hydrogen) atoms. The minimum absolute atomic E-state index is 0.0726. The summed E-state index contributed by atoms with van der Waals surface area (Å²) in [5.74, 6) is 0.690. The molecule has 1 atom stereocenters. The first-order chi connectivity index (χ1) is 16.8. The smallest absolute Gasteiger partial charge is 0.262 e. The average Bonchev–Trinajstić information content (AvgIpc) is 3.10. The van der Waals surface area contributed by atoms with Crippen molar-refractivity contribution < 1.29 is 22.7 Å². The van der Waals surface area contributed by atoms with Crippen molar-refractivity contribution in [3.8, 4) is 17.6 Å². The molecule has 0 unspecified atom stereocenters. The number of fused-ring (bicyclic) bond motifs is 1. The van der Waals surface area contributed by atoms with E-state index in [4.69, 9.17) is 9.47 Å². The third-order valence-corrected chi connectivity index (χ3v) is 7.61. The molecular formula is C25H30N4O5S. The molecule has 2 aromatic carbocycles. The molecule has 1 heterocycles. The second-order valence-corrected chi connectivity index (χ2v) is 10.6. The van der Waals surface area contributed by atoms with Gasteiger partial charge in [-0.3, -0.25) is 9.52 Å². The van der Waals surface area contributed by atoms with Gasteiger partial charge in [0.15, 0.2) is 11.5 Å². The molecule has 1 aliphatic heterocycles. The fourth-order valence-corrected chi connectivity index (χ4v) is 5.31. The molecule has 1 saturated carbocycles. The Hall–Kier alpha value is -3.45. The van der Waals surface area contributed by atoms with Crippen LogP contribution in [0, 0.1) is 11.3 Å². The standard InChI is InChI=1S/C25H30N4O5S/c1-18(24(30)28-25(17-26)12-3-2-4-13-25)27-19-6-8-20(9-7-19)29-35(31,32)21-10-11-22-23(16-21)34-15-5-14-33-22/h6-11,16,18,27,29H,2-5,12-15H2,1H3,(H,28,30)/t18-/m0/s1. The largest absolute Gasteiger partial charge is 0.490 e. The molecule has 3 N–H and O–H groups in total. The SMILES string of the molecule is C[C@H](Nc1ccc(NS(=O)(=O)c2ccc3c(c2)OCCCO3)cc1)C(=O)NC1(C#N)CCCCC1. The fraction of sp³-hybridized carbons (Fsp3) is 0.440. The van der Waals surface area contributed by atoms with Gasteiger partial charge in [0.25, 0.3) is 10.0 Å². The molecule has 0 saturated heterocycles. The summed E-state index contributed by atoms with van der Waals surface area (Å²) in [5.41, 5.74) is 0.242. The molecule has 0 spiro atoms. The van der Waals surface area contributed by atoms with Gasteiger partial charge < -0.3 is 20.1 Å². The van der Waals surface area contributed by atoms with Crippen LogP contribution in [0.5, 0.6) is 11.5 Å². The highest BCUT2D eigenvalue weighted by Crippen LogP contribution is 2.32. The lowest BCUT2D eigenvalue weighted by atomic mass is 9.82. The van der Waals surface area contributed by atoms with Crippen LogP contribution in [-0.2, 0) is 14.8 Å². The van der Waals surface area contributed by atoms with Gasteiger partial charge in [-0.05, 0) is 56.2 Å². The summed E-state index contributed by atoms with van der Waals surface area (Å²) in [5, 5.41) is 15.6. The third kappa shape index (κ3) is 5.98. The maximum Gasteiger partial charge on any atom is 0.262 e. The number of nitrogens with zero attached hydrogens (tertiary/aromatic N) is 1. The predicted octanol–water partition coefficient (Wildman–Crippen LogP) is 3.79. The lowest BCUT2D eigenvalue weighted by Crippen LogP contribution is -2.52. The van der Waals surface area contributed by atoms with Gasteiger partial charge in [-0.15, -0.1) is 0 Å². The number of amides is 1. The predicted molar refractivity (Wildman–Crippen MR) is 132 cm³/mol. The number of ether oxygens (including phenoxy) is 2. The molecule has 186 valence electrons. The molecule has 0 radical (unpaired) electrons. The van der Waals surface area contributed by atoms with Crippen LogP contribution < -0.4 is 24.8 Å². The molecule has 0 aromatic heterocycles. The van der Waals surface area contributed by atoms with E-state index in [2.05, 4.69) is 21.4 Å². The Labute approximate surface area is 205 Å². The van der Waals surface area contributed by atoms with E-state index in [9.17, 15) is 18.5 Å². The molecule has 10 heteroatoms. The molecular weight excluding hydrogens is 468 g/mol. The Kier molecular flexibility index (Phi) is 7.36. The van der Waals surface area contributed by atoms with Gasteiger partial charge in [-0.2, -0.15) is 5.26 Å². The van der Waals surface area contributed by atoms with Gasteiger partial charge in [-0.1, -0.05) is 19.3 Å². The molecule has 2 aliphatic rings. The summed E-state index contributed by atoms with van der Waals surface area (Å²) < 4.78 is 39.5. The van der Waals surface area contributed by atoms with Crippen molar-refractivity contribution in [1.29, 1.82) is 5.26 Å². The maximum atomic E-state index is 12.9. The first-order valence-corrected chi connectivity index (χ1v) is 13.3. The molecule has 4 rings (SSSR count). The molecule has 2 aromatic rings.